The molecule has 2 aliphatic rings. The lowest BCUT2D eigenvalue weighted by molar-refractivity contribution is 0.122. The quantitative estimate of drug-likeness (QED) is 0.878. The number of rotatable bonds is 4. The van der Waals surface area contributed by atoms with Crippen molar-refractivity contribution < 1.29 is 13.9 Å². The first kappa shape index (κ1) is 18.2. The van der Waals surface area contributed by atoms with Crippen molar-refractivity contribution in [3.63, 3.8) is 0 Å². The van der Waals surface area contributed by atoms with E-state index >= 15 is 0 Å². The zero-order chi connectivity index (χ0) is 18.8. The number of fused-ring (bicyclic) bond motifs is 1. The Balaban J connectivity index is 1.72. The molecule has 2 aliphatic heterocycles. The number of methoxy groups -OCH3 is 1. The van der Waals surface area contributed by atoms with E-state index in [1.54, 1.807) is 6.07 Å². The van der Waals surface area contributed by atoms with Gasteiger partial charge in [0.1, 0.15) is 5.82 Å². The van der Waals surface area contributed by atoms with Crippen LogP contribution < -0.4 is 15.0 Å². The second-order valence-corrected chi connectivity index (χ2v) is 7.20. The number of piperidine rings is 1. The van der Waals surface area contributed by atoms with Crippen molar-refractivity contribution in [2.75, 3.05) is 63.8 Å². The molecule has 146 valence electrons. The molecule has 0 atom stereocenters. The molecule has 8 heteroatoms. The molecule has 0 bridgehead atoms. The molecule has 2 saturated heterocycles. The molecule has 0 aliphatic carbocycles. The van der Waals surface area contributed by atoms with Gasteiger partial charge in [0.05, 0.1) is 25.8 Å². The van der Waals surface area contributed by atoms with Crippen LogP contribution in [-0.2, 0) is 4.74 Å². The van der Waals surface area contributed by atoms with Gasteiger partial charge in [-0.25, -0.2) is 9.37 Å². The van der Waals surface area contributed by atoms with Gasteiger partial charge < -0.3 is 24.6 Å². The number of nitrogens with one attached hydrogen (secondary N) is 1. The minimum absolute atomic E-state index is 0.205. The first-order chi connectivity index (χ1) is 13.1. The molecule has 0 saturated carbocycles. The fourth-order valence-corrected chi connectivity index (χ4v) is 3.64. The Hall–Kier alpha value is -2.19. The number of halogens is 1. The molecule has 1 N–H and O–H groups in total. The topological polar surface area (TPSA) is 62.8 Å². The lowest BCUT2D eigenvalue weighted by Gasteiger charge is -2.31. The van der Waals surface area contributed by atoms with E-state index in [-0.39, 0.29) is 5.75 Å². The molecule has 27 heavy (non-hydrogen) atoms. The van der Waals surface area contributed by atoms with Gasteiger partial charge in [-0.3, -0.25) is 0 Å². The second-order valence-electron chi connectivity index (χ2n) is 7.20. The molecule has 3 heterocycles. The Morgan fingerprint density at radius 3 is 2.59 bits per heavy atom. The van der Waals surface area contributed by atoms with Crippen LogP contribution in [0.1, 0.15) is 12.8 Å². The van der Waals surface area contributed by atoms with E-state index in [9.17, 15) is 4.39 Å². The third-order valence-corrected chi connectivity index (χ3v) is 5.31. The van der Waals surface area contributed by atoms with Gasteiger partial charge in [-0.05, 0) is 39.0 Å². The number of aromatic nitrogens is 2. The Morgan fingerprint density at radius 2 is 1.89 bits per heavy atom. The van der Waals surface area contributed by atoms with Gasteiger partial charge in [0, 0.05) is 30.6 Å². The molecule has 7 nitrogen and oxygen atoms in total. The maximum atomic E-state index is 14.3. The minimum Gasteiger partial charge on any atom is -0.494 e. The summed E-state index contributed by atoms with van der Waals surface area (Å²) >= 11 is 0. The van der Waals surface area contributed by atoms with Crippen molar-refractivity contribution in [1.29, 1.82) is 0 Å². The number of morpholine rings is 1. The van der Waals surface area contributed by atoms with E-state index in [4.69, 9.17) is 14.5 Å². The van der Waals surface area contributed by atoms with Crippen LogP contribution in [0, 0.1) is 5.82 Å². The summed E-state index contributed by atoms with van der Waals surface area (Å²) in [5.74, 6) is 1.15. The fraction of sp³-hybridized carbons (Fsp3) is 0.579. The zero-order valence-corrected chi connectivity index (χ0v) is 15.9. The summed E-state index contributed by atoms with van der Waals surface area (Å²) in [4.78, 5) is 13.8. The number of nitrogens with zero attached hydrogens (tertiary/aromatic N) is 4. The van der Waals surface area contributed by atoms with Crippen molar-refractivity contribution in [3.05, 3.63) is 17.9 Å². The second kappa shape index (κ2) is 7.82. The highest BCUT2D eigenvalue weighted by molar-refractivity contribution is 5.91. The summed E-state index contributed by atoms with van der Waals surface area (Å²) in [6.07, 6.45) is 2.10. The standard InChI is InChI=1S/C19H26FN5O2/c1-24-5-3-13(4-6-24)21-18-14-11-17(26-2)15(20)12-16(14)22-19(23-18)25-7-9-27-10-8-25/h11-13H,3-10H2,1-2H3,(H,21,22,23). The predicted octanol–water partition coefficient (Wildman–Crippen LogP) is 2.12. The predicted molar refractivity (Wildman–Crippen MR) is 103 cm³/mol. The maximum absolute atomic E-state index is 14.3. The monoisotopic (exact) mass is 375 g/mol. The largest absolute Gasteiger partial charge is 0.494 e. The lowest BCUT2D eigenvalue weighted by atomic mass is 10.1. The molecule has 0 radical (unpaired) electrons. The van der Waals surface area contributed by atoms with Gasteiger partial charge >= 0.3 is 0 Å². The number of anilines is 2. The van der Waals surface area contributed by atoms with Gasteiger partial charge in [-0.15, -0.1) is 0 Å². The SMILES string of the molecule is COc1cc2c(NC3CCN(C)CC3)nc(N3CCOCC3)nc2cc1F. The van der Waals surface area contributed by atoms with Gasteiger partial charge in [0.25, 0.3) is 0 Å². The summed E-state index contributed by atoms with van der Waals surface area (Å²) in [5, 5.41) is 4.36. The summed E-state index contributed by atoms with van der Waals surface area (Å²) < 4.78 is 24.9. The molecule has 4 rings (SSSR count). The Kier molecular flexibility index (Phi) is 5.27. The van der Waals surface area contributed by atoms with Crippen LogP contribution in [-0.4, -0.2) is 74.5 Å². The molecule has 1 aromatic carbocycles. The number of likely N-dealkylation sites (tertiary alicyclic amines) is 1. The van der Waals surface area contributed by atoms with Crippen LogP contribution >= 0.6 is 0 Å². The average Bonchev–Trinajstić information content (AvgIpc) is 2.69. The average molecular weight is 375 g/mol. The van der Waals surface area contributed by atoms with E-state index < -0.39 is 5.82 Å². The van der Waals surface area contributed by atoms with Crippen molar-refractivity contribution in [2.24, 2.45) is 0 Å². The Labute approximate surface area is 158 Å². The van der Waals surface area contributed by atoms with Crippen molar-refractivity contribution in [1.82, 2.24) is 14.9 Å². The van der Waals surface area contributed by atoms with Crippen LogP contribution in [0.4, 0.5) is 16.2 Å². The number of hydrogen-bond acceptors (Lipinski definition) is 7. The Bertz CT molecular complexity index is 804. The minimum atomic E-state index is -0.415. The summed E-state index contributed by atoms with van der Waals surface area (Å²) in [5.41, 5.74) is 0.584. The van der Waals surface area contributed by atoms with Gasteiger partial charge in [0.15, 0.2) is 11.6 Å². The molecule has 2 aromatic rings. The van der Waals surface area contributed by atoms with Crippen LogP contribution in [0.15, 0.2) is 12.1 Å². The van der Waals surface area contributed by atoms with Crippen LogP contribution in [0.3, 0.4) is 0 Å². The third kappa shape index (κ3) is 3.91. The summed E-state index contributed by atoms with van der Waals surface area (Å²) in [7, 11) is 3.61. The molecule has 0 unspecified atom stereocenters. The molecule has 0 amide bonds. The van der Waals surface area contributed by atoms with Crippen LogP contribution in [0.25, 0.3) is 10.9 Å². The normalized spacial score (nSPS) is 19.4. The number of hydrogen-bond donors (Lipinski definition) is 1. The van der Waals surface area contributed by atoms with Crippen molar-refractivity contribution >= 4 is 22.7 Å². The molecular weight excluding hydrogens is 349 g/mol. The van der Waals surface area contributed by atoms with Crippen molar-refractivity contribution in [2.45, 2.75) is 18.9 Å². The fourth-order valence-electron chi connectivity index (χ4n) is 3.64. The van der Waals surface area contributed by atoms with E-state index in [0.29, 0.717) is 30.7 Å². The number of benzene rings is 1. The number of ether oxygens (including phenoxy) is 2. The highest BCUT2D eigenvalue weighted by Gasteiger charge is 2.22. The third-order valence-electron chi connectivity index (χ3n) is 5.31. The summed E-state index contributed by atoms with van der Waals surface area (Å²) in [6.45, 7) is 4.87. The lowest BCUT2D eigenvalue weighted by Crippen LogP contribution is -2.38. The summed E-state index contributed by atoms with van der Waals surface area (Å²) in [6, 6.07) is 3.46. The van der Waals surface area contributed by atoms with Crippen molar-refractivity contribution in [3.8, 4) is 5.75 Å². The van der Waals surface area contributed by atoms with Gasteiger partial charge in [0.2, 0.25) is 5.95 Å². The van der Waals surface area contributed by atoms with Crippen LogP contribution in [0.2, 0.25) is 0 Å². The van der Waals surface area contributed by atoms with Crippen LogP contribution in [0.5, 0.6) is 5.75 Å². The van der Waals surface area contributed by atoms with E-state index in [1.807, 2.05) is 0 Å². The first-order valence-corrected chi connectivity index (χ1v) is 9.47. The Morgan fingerprint density at radius 1 is 1.15 bits per heavy atom. The van der Waals surface area contributed by atoms with E-state index in [1.165, 1.54) is 13.2 Å². The molecule has 1 aromatic heterocycles. The molecular formula is C19H26FN5O2. The smallest absolute Gasteiger partial charge is 0.228 e. The van der Waals surface area contributed by atoms with Gasteiger partial charge in [-0.1, -0.05) is 0 Å². The van der Waals surface area contributed by atoms with E-state index in [2.05, 4.69) is 27.1 Å². The zero-order valence-electron chi connectivity index (χ0n) is 15.9. The van der Waals surface area contributed by atoms with E-state index in [0.717, 1.165) is 50.2 Å². The molecule has 2 fully saturated rings. The first-order valence-electron chi connectivity index (χ1n) is 9.47. The van der Waals surface area contributed by atoms with Gasteiger partial charge in [-0.2, -0.15) is 4.98 Å². The molecule has 0 spiro atoms. The maximum Gasteiger partial charge on any atom is 0.228 e. The highest BCUT2D eigenvalue weighted by Crippen LogP contribution is 2.31. The highest BCUT2D eigenvalue weighted by atomic mass is 19.1.